The number of aromatic amines is 1. The molecule has 4 heteroatoms. The second-order valence-corrected chi connectivity index (χ2v) is 4.59. The van der Waals surface area contributed by atoms with Crippen LogP contribution >= 0.6 is 0 Å². The maximum Gasteiger partial charge on any atom is 0.130 e. The van der Waals surface area contributed by atoms with Crippen LogP contribution in [0.1, 0.15) is 19.0 Å². The van der Waals surface area contributed by atoms with Gasteiger partial charge in [0.1, 0.15) is 12.4 Å². The zero-order valence-corrected chi connectivity index (χ0v) is 11.0. The number of benzene rings is 1. The lowest BCUT2D eigenvalue weighted by atomic mass is 10.2. The molecule has 1 N–H and O–H groups in total. The van der Waals surface area contributed by atoms with E-state index in [1.807, 2.05) is 43.0 Å². The molecule has 0 aliphatic carbocycles. The first-order valence-corrected chi connectivity index (χ1v) is 6.56. The van der Waals surface area contributed by atoms with Crippen LogP contribution in [0.4, 0.5) is 0 Å². The number of rotatable bonds is 5. The predicted molar refractivity (Wildman–Crippen MR) is 75.1 cm³/mol. The summed E-state index contributed by atoms with van der Waals surface area (Å²) >= 11 is 0. The number of aryl methyl sites for hydroxylation is 1. The third-order valence-corrected chi connectivity index (χ3v) is 3.17. The van der Waals surface area contributed by atoms with Crippen molar-refractivity contribution in [2.24, 2.45) is 0 Å². The van der Waals surface area contributed by atoms with E-state index in [4.69, 9.17) is 4.74 Å². The molecule has 0 radical (unpaired) electrons. The zero-order valence-electron chi connectivity index (χ0n) is 11.0. The fourth-order valence-corrected chi connectivity index (χ4v) is 2.19. The summed E-state index contributed by atoms with van der Waals surface area (Å²) in [5, 5.41) is 1.17. The van der Waals surface area contributed by atoms with Crippen molar-refractivity contribution in [3.63, 3.8) is 0 Å². The van der Waals surface area contributed by atoms with Crippen LogP contribution in [0, 0.1) is 0 Å². The molecule has 3 rings (SSSR count). The normalized spacial score (nSPS) is 11.0. The van der Waals surface area contributed by atoms with Gasteiger partial charge in [-0.15, -0.1) is 0 Å². The third-order valence-electron chi connectivity index (χ3n) is 3.17. The van der Waals surface area contributed by atoms with Gasteiger partial charge in [0.25, 0.3) is 0 Å². The molecular formula is C15H17N3O. The number of nitrogens with zero attached hydrogens (tertiary/aromatic N) is 2. The van der Waals surface area contributed by atoms with Crippen molar-refractivity contribution in [1.29, 1.82) is 0 Å². The Morgan fingerprint density at radius 3 is 3.16 bits per heavy atom. The summed E-state index contributed by atoms with van der Waals surface area (Å²) in [6, 6.07) is 8.11. The molecule has 0 saturated carbocycles. The van der Waals surface area contributed by atoms with Gasteiger partial charge in [-0.05, 0) is 30.7 Å². The van der Waals surface area contributed by atoms with Crippen LogP contribution in [-0.2, 0) is 13.2 Å². The first-order valence-electron chi connectivity index (χ1n) is 6.56. The van der Waals surface area contributed by atoms with Crippen molar-refractivity contribution in [1.82, 2.24) is 14.5 Å². The molecule has 2 heterocycles. The second kappa shape index (κ2) is 5.18. The van der Waals surface area contributed by atoms with E-state index >= 15 is 0 Å². The van der Waals surface area contributed by atoms with E-state index in [9.17, 15) is 0 Å². The average molecular weight is 255 g/mol. The van der Waals surface area contributed by atoms with Gasteiger partial charge >= 0.3 is 0 Å². The Balaban J connectivity index is 1.72. The number of hydrogen-bond acceptors (Lipinski definition) is 2. The number of fused-ring (bicyclic) bond motifs is 1. The van der Waals surface area contributed by atoms with E-state index in [-0.39, 0.29) is 0 Å². The molecule has 0 saturated heterocycles. The van der Waals surface area contributed by atoms with Gasteiger partial charge in [-0.3, -0.25) is 0 Å². The van der Waals surface area contributed by atoms with Gasteiger partial charge in [0.05, 0.1) is 18.2 Å². The van der Waals surface area contributed by atoms with Gasteiger partial charge in [0.2, 0.25) is 0 Å². The van der Waals surface area contributed by atoms with Crippen molar-refractivity contribution >= 4 is 10.9 Å². The zero-order chi connectivity index (χ0) is 13.1. The number of H-pyrrole nitrogens is 1. The first-order chi connectivity index (χ1) is 9.36. The van der Waals surface area contributed by atoms with Gasteiger partial charge in [0, 0.05) is 23.6 Å². The smallest absolute Gasteiger partial charge is 0.130 e. The summed E-state index contributed by atoms with van der Waals surface area (Å²) in [5.41, 5.74) is 2.24. The summed E-state index contributed by atoms with van der Waals surface area (Å²) in [4.78, 5) is 7.35. The molecule has 0 spiro atoms. The largest absolute Gasteiger partial charge is 0.487 e. The predicted octanol–water partition coefficient (Wildman–Crippen LogP) is 3.35. The highest BCUT2D eigenvalue weighted by Gasteiger charge is 2.03. The molecule has 0 amide bonds. The third kappa shape index (κ3) is 2.47. The minimum absolute atomic E-state index is 0.552. The standard InChI is InChI=1S/C15H17N3O/c1-2-7-18-11-16-9-13(18)10-19-14-3-4-15-12(8-14)5-6-17-15/h3-6,8-9,11,17H,2,7,10H2,1H3. The van der Waals surface area contributed by atoms with Crippen LogP contribution in [0.3, 0.4) is 0 Å². The van der Waals surface area contributed by atoms with Crippen molar-refractivity contribution in [2.45, 2.75) is 26.5 Å². The first kappa shape index (κ1) is 11.8. The minimum Gasteiger partial charge on any atom is -0.487 e. The number of ether oxygens (including phenoxy) is 1. The highest BCUT2D eigenvalue weighted by atomic mass is 16.5. The number of nitrogens with one attached hydrogen (secondary N) is 1. The highest BCUT2D eigenvalue weighted by molar-refractivity contribution is 5.80. The van der Waals surface area contributed by atoms with Gasteiger partial charge in [-0.25, -0.2) is 4.98 Å². The van der Waals surface area contributed by atoms with Crippen molar-refractivity contribution < 1.29 is 4.74 Å². The fraction of sp³-hybridized carbons (Fsp3) is 0.267. The molecule has 0 aliphatic heterocycles. The van der Waals surface area contributed by atoms with E-state index in [0.29, 0.717) is 6.61 Å². The molecular weight excluding hydrogens is 238 g/mol. The summed E-state index contributed by atoms with van der Waals surface area (Å²) < 4.78 is 7.97. The SMILES string of the molecule is CCCn1cncc1COc1ccc2[nH]ccc2c1. The Bertz CT molecular complexity index is 669. The van der Waals surface area contributed by atoms with Crippen molar-refractivity contribution in [3.05, 3.63) is 48.7 Å². The molecule has 0 fully saturated rings. The number of imidazole rings is 1. The topological polar surface area (TPSA) is 42.8 Å². The Kier molecular flexibility index (Phi) is 3.23. The van der Waals surface area contributed by atoms with Crippen molar-refractivity contribution in [3.8, 4) is 5.75 Å². The lowest BCUT2D eigenvalue weighted by Crippen LogP contribution is -2.04. The van der Waals surface area contributed by atoms with Gasteiger partial charge < -0.3 is 14.3 Å². The van der Waals surface area contributed by atoms with E-state index in [0.717, 1.165) is 29.9 Å². The summed E-state index contributed by atoms with van der Waals surface area (Å²) in [7, 11) is 0. The molecule has 1 aromatic carbocycles. The number of aromatic nitrogens is 3. The fourth-order valence-electron chi connectivity index (χ4n) is 2.19. The molecule has 19 heavy (non-hydrogen) atoms. The van der Waals surface area contributed by atoms with Crippen LogP contribution in [0.15, 0.2) is 43.0 Å². The van der Waals surface area contributed by atoms with Crippen LogP contribution in [0.25, 0.3) is 10.9 Å². The van der Waals surface area contributed by atoms with Gasteiger partial charge in [-0.2, -0.15) is 0 Å². The molecule has 0 unspecified atom stereocenters. The maximum atomic E-state index is 5.84. The van der Waals surface area contributed by atoms with E-state index in [1.165, 1.54) is 5.39 Å². The quantitative estimate of drug-likeness (QED) is 0.759. The van der Waals surface area contributed by atoms with E-state index in [1.54, 1.807) is 0 Å². The van der Waals surface area contributed by atoms with Crippen LogP contribution in [0.5, 0.6) is 5.75 Å². The molecule has 3 aromatic rings. The minimum atomic E-state index is 0.552. The van der Waals surface area contributed by atoms with E-state index in [2.05, 4.69) is 21.5 Å². The van der Waals surface area contributed by atoms with Gasteiger partial charge in [0.15, 0.2) is 0 Å². The molecule has 2 aromatic heterocycles. The Morgan fingerprint density at radius 1 is 1.32 bits per heavy atom. The molecule has 4 nitrogen and oxygen atoms in total. The Labute approximate surface area is 112 Å². The van der Waals surface area contributed by atoms with Crippen molar-refractivity contribution in [2.75, 3.05) is 0 Å². The van der Waals surface area contributed by atoms with Crippen LogP contribution in [-0.4, -0.2) is 14.5 Å². The second-order valence-electron chi connectivity index (χ2n) is 4.59. The molecule has 98 valence electrons. The highest BCUT2D eigenvalue weighted by Crippen LogP contribution is 2.20. The number of hydrogen-bond donors (Lipinski definition) is 1. The monoisotopic (exact) mass is 255 g/mol. The van der Waals surface area contributed by atoms with Crippen LogP contribution in [0.2, 0.25) is 0 Å². The maximum absolute atomic E-state index is 5.84. The summed E-state index contributed by atoms with van der Waals surface area (Å²) in [6.07, 6.45) is 6.76. The van der Waals surface area contributed by atoms with E-state index < -0.39 is 0 Å². The molecule has 0 bridgehead atoms. The van der Waals surface area contributed by atoms with Gasteiger partial charge in [-0.1, -0.05) is 6.92 Å². The summed E-state index contributed by atoms with van der Waals surface area (Å²) in [6.45, 7) is 3.69. The van der Waals surface area contributed by atoms with Crippen LogP contribution < -0.4 is 4.74 Å². The Hall–Kier alpha value is -2.23. The average Bonchev–Trinajstić information content (AvgIpc) is 3.05. The molecule has 0 atom stereocenters. The summed E-state index contributed by atoms with van der Waals surface area (Å²) in [5.74, 6) is 0.886. The Morgan fingerprint density at radius 2 is 2.26 bits per heavy atom. The molecule has 0 aliphatic rings. The lowest BCUT2D eigenvalue weighted by molar-refractivity contribution is 0.295. The lowest BCUT2D eigenvalue weighted by Gasteiger charge is -2.09.